The van der Waals surface area contributed by atoms with Crippen LogP contribution in [-0.2, 0) is 24.8 Å². The number of allylic oxidation sites excluding steroid dienone is 3. The molecule has 0 amide bonds. The lowest BCUT2D eigenvalue weighted by Gasteiger charge is -2.36. The van der Waals surface area contributed by atoms with Crippen LogP contribution in [0.2, 0.25) is 0 Å². The van der Waals surface area contributed by atoms with Crippen LogP contribution in [0.1, 0.15) is 141 Å². The average Bonchev–Trinajstić information content (AvgIpc) is 2.94. The quantitative estimate of drug-likeness (QED) is 0.0589. The number of carbonyl (C=O) groups is 1. The molecule has 2 aliphatic carbocycles. The van der Waals surface area contributed by atoms with Crippen LogP contribution in [0.25, 0.3) is 0 Å². The summed E-state index contributed by atoms with van der Waals surface area (Å²) in [6, 6.07) is 3.59. The van der Waals surface area contributed by atoms with Crippen LogP contribution in [0.4, 0.5) is 0 Å². The van der Waals surface area contributed by atoms with E-state index in [1.807, 2.05) is 13.0 Å². The van der Waals surface area contributed by atoms with Gasteiger partial charge in [-0.3, -0.25) is 9.05 Å². The van der Waals surface area contributed by atoms with Crippen LogP contribution in [-0.4, -0.2) is 28.2 Å². The number of esters is 1. The van der Waals surface area contributed by atoms with Crippen molar-refractivity contribution in [2.24, 2.45) is 5.92 Å². The summed E-state index contributed by atoms with van der Waals surface area (Å²) in [7, 11) is -4.52. The highest BCUT2D eigenvalue weighted by Crippen LogP contribution is 2.52. The van der Waals surface area contributed by atoms with Crippen LogP contribution >= 0.6 is 7.82 Å². The van der Waals surface area contributed by atoms with E-state index in [0.717, 1.165) is 56.1 Å². The minimum atomic E-state index is -4.52. The highest BCUT2D eigenvalue weighted by molar-refractivity contribution is 7.47. The molecular formula is C35H55O7P. The maximum atomic E-state index is 14.0. The Bertz CT molecular complexity index is 1150. The molecule has 0 aromatic heterocycles. The number of hydrogen-bond acceptors (Lipinski definition) is 6. The molecule has 0 aliphatic heterocycles. The number of carbonyl (C=O) groups excluding carboxylic acids is 1. The maximum absolute atomic E-state index is 14.0. The molecule has 2 N–H and O–H groups in total. The first-order valence-corrected chi connectivity index (χ1v) is 18.1. The van der Waals surface area contributed by atoms with Gasteiger partial charge < -0.3 is 14.7 Å². The van der Waals surface area contributed by atoms with E-state index in [9.17, 15) is 19.4 Å². The van der Waals surface area contributed by atoms with Crippen LogP contribution < -0.4 is 4.74 Å². The van der Waals surface area contributed by atoms with Gasteiger partial charge in [-0.2, -0.15) is 0 Å². The Balaban J connectivity index is 1.84. The van der Waals surface area contributed by atoms with Crippen LogP contribution in [0.3, 0.4) is 0 Å². The largest absolute Gasteiger partial charge is 0.507 e. The summed E-state index contributed by atoms with van der Waals surface area (Å²) in [6.45, 7) is 12.6. The topological polar surface area (TPSA) is 102 Å². The number of phenols is 1. The number of benzene rings is 1. The summed E-state index contributed by atoms with van der Waals surface area (Å²) in [5, 5.41) is 11.3. The van der Waals surface area contributed by atoms with Gasteiger partial charge >= 0.3 is 13.8 Å². The Hall–Kier alpha value is -1.92. The zero-order valence-electron chi connectivity index (χ0n) is 27.0. The number of hydrogen-bond donors (Lipinski definition) is 2. The third-order valence-electron chi connectivity index (χ3n) is 8.96. The molecule has 0 heterocycles. The van der Waals surface area contributed by atoms with Crippen molar-refractivity contribution in [1.29, 1.82) is 0 Å². The molecule has 242 valence electrons. The predicted octanol–water partition coefficient (Wildman–Crippen LogP) is 9.85. The normalized spacial score (nSPS) is 21.6. The van der Waals surface area contributed by atoms with Gasteiger partial charge in [-0.25, -0.2) is 9.36 Å². The van der Waals surface area contributed by atoms with Gasteiger partial charge in [0.15, 0.2) is 5.60 Å². The second-order valence-corrected chi connectivity index (χ2v) is 14.1. The van der Waals surface area contributed by atoms with Crippen molar-refractivity contribution in [3.8, 4) is 11.5 Å². The molecule has 7 nitrogen and oxygen atoms in total. The molecule has 1 aromatic carbocycles. The first-order valence-electron chi connectivity index (χ1n) is 16.6. The Kier molecular flexibility index (Phi) is 14.0. The first kappa shape index (κ1) is 35.6. The van der Waals surface area contributed by atoms with Gasteiger partial charge in [0.05, 0.1) is 6.61 Å². The highest BCUT2D eigenvalue weighted by Gasteiger charge is 2.48. The van der Waals surface area contributed by atoms with Gasteiger partial charge in [0.25, 0.3) is 0 Å². The molecule has 1 aromatic rings. The Labute approximate surface area is 259 Å². The Morgan fingerprint density at radius 1 is 1.05 bits per heavy atom. The van der Waals surface area contributed by atoms with Crippen molar-refractivity contribution in [3.05, 3.63) is 47.1 Å². The fourth-order valence-electron chi connectivity index (χ4n) is 6.56. The molecule has 1 unspecified atom stereocenters. The molecule has 2 aliphatic rings. The zero-order valence-corrected chi connectivity index (χ0v) is 27.9. The van der Waals surface area contributed by atoms with Gasteiger partial charge in [0.2, 0.25) is 0 Å². The number of rotatable bonds is 17. The summed E-state index contributed by atoms with van der Waals surface area (Å²) in [5.41, 5.74) is 2.04. The van der Waals surface area contributed by atoms with E-state index in [1.54, 1.807) is 6.07 Å². The van der Waals surface area contributed by atoms with E-state index in [4.69, 9.17) is 13.8 Å². The first-order chi connectivity index (χ1) is 20.5. The van der Waals surface area contributed by atoms with E-state index in [1.165, 1.54) is 24.8 Å². The van der Waals surface area contributed by atoms with Gasteiger partial charge in [-0.1, -0.05) is 89.0 Å². The Morgan fingerprint density at radius 3 is 2.37 bits per heavy atom. The lowest BCUT2D eigenvalue weighted by atomic mass is 9.73. The number of phenolic OH excluding ortho intramolecular Hbond substituents is 1. The van der Waals surface area contributed by atoms with Crippen molar-refractivity contribution < 1.29 is 33.1 Å². The number of unbranched alkanes of at least 4 members (excludes halogenated alkanes) is 6. The van der Waals surface area contributed by atoms with Gasteiger partial charge in [-0.05, 0) is 88.8 Å². The zero-order chi connectivity index (χ0) is 31.5. The Morgan fingerprint density at radius 2 is 1.72 bits per heavy atom. The second-order valence-electron chi connectivity index (χ2n) is 12.8. The lowest BCUT2D eigenvalue weighted by Crippen LogP contribution is -2.45. The lowest BCUT2D eigenvalue weighted by molar-refractivity contribution is -0.157. The van der Waals surface area contributed by atoms with E-state index < -0.39 is 19.4 Å². The second kappa shape index (κ2) is 17.0. The summed E-state index contributed by atoms with van der Waals surface area (Å²) >= 11 is 0. The predicted molar refractivity (Wildman–Crippen MR) is 172 cm³/mol. The molecule has 1 fully saturated rings. The van der Waals surface area contributed by atoms with E-state index in [2.05, 4.69) is 33.4 Å². The molecule has 1 saturated carbocycles. The number of aryl methyl sites for hydroxylation is 1. The van der Waals surface area contributed by atoms with E-state index >= 15 is 0 Å². The van der Waals surface area contributed by atoms with Crippen LogP contribution in [0.15, 0.2) is 35.9 Å². The van der Waals surface area contributed by atoms with Gasteiger partial charge in [-0.15, -0.1) is 0 Å². The van der Waals surface area contributed by atoms with Gasteiger partial charge in [0.1, 0.15) is 11.5 Å². The minimum Gasteiger partial charge on any atom is -0.507 e. The molecule has 0 radical (unpaired) electrons. The summed E-state index contributed by atoms with van der Waals surface area (Å²) < 4.78 is 30.4. The smallest absolute Gasteiger partial charge is 0.473 e. The number of phosphoric ester groups is 1. The van der Waals surface area contributed by atoms with Crippen molar-refractivity contribution in [3.63, 3.8) is 0 Å². The molecule has 43 heavy (non-hydrogen) atoms. The molecule has 0 bridgehead atoms. The molecule has 8 heteroatoms. The standard InChI is InChI=1S/C35H55O7P/c1-6-8-9-10-11-12-16-22-40-43(38,39)42-35(20-14-13-15-21-35)34(37)41-32-25-28(17-7-2)24-31(36)33(32)30-23-27(5)18-19-29(30)26(3)4/h23-25,29-30,36H,3,6-22H2,1-2,4-5H3,(H,38,39)/t29-,30+/m0/s1. The molecule has 0 spiro atoms. The monoisotopic (exact) mass is 618 g/mol. The summed E-state index contributed by atoms with van der Waals surface area (Å²) in [5.74, 6) is -0.469. The SMILES string of the molecule is C=C(C)[C@@H]1CCC(C)=C[C@H]1c1c(O)cc(CCC)cc1OC(=O)C1(OP(=O)(O)OCCCCCCCCC)CCCCC1. The average molecular weight is 619 g/mol. The molecule has 0 saturated heterocycles. The van der Waals surface area contributed by atoms with E-state index in [-0.39, 0.29) is 42.8 Å². The molecule has 3 atom stereocenters. The number of aromatic hydroxyl groups is 1. The number of ether oxygens (including phenoxy) is 1. The highest BCUT2D eigenvalue weighted by atomic mass is 31.2. The van der Waals surface area contributed by atoms with Gasteiger partial charge in [0, 0.05) is 11.5 Å². The summed E-state index contributed by atoms with van der Waals surface area (Å²) in [6.07, 6.45) is 15.7. The summed E-state index contributed by atoms with van der Waals surface area (Å²) in [4.78, 5) is 24.7. The van der Waals surface area contributed by atoms with Crippen molar-refractivity contribution in [2.45, 2.75) is 142 Å². The van der Waals surface area contributed by atoms with Crippen molar-refractivity contribution in [2.75, 3.05) is 6.61 Å². The third-order valence-corrected chi connectivity index (χ3v) is 10.0. The fourth-order valence-corrected chi connectivity index (χ4v) is 7.67. The van der Waals surface area contributed by atoms with Crippen LogP contribution in [0, 0.1) is 5.92 Å². The molecular weight excluding hydrogens is 563 g/mol. The maximum Gasteiger partial charge on any atom is 0.473 e. The fraction of sp³-hybridized carbons (Fsp3) is 0.686. The number of phosphoric acid groups is 1. The van der Waals surface area contributed by atoms with Crippen molar-refractivity contribution >= 4 is 13.8 Å². The van der Waals surface area contributed by atoms with Crippen molar-refractivity contribution in [1.82, 2.24) is 0 Å². The third kappa shape index (κ3) is 10.3. The van der Waals surface area contributed by atoms with Crippen LogP contribution in [0.5, 0.6) is 11.5 Å². The minimum absolute atomic E-state index is 0.0837. The van der Waals surface area contributed by atoms with E-state index in [0.29, 0.717) is 31.2 Å². The molecule has 3 rings (SSSR count).